The van der Waals surface area contributed by atoms with Crippen LogP contribution in [0, 0.1) is 5.92 Å². The molecule has 0 radical (unpaired) electrons. The van der Waals surface area contributed by atoms with E-state index >= 15 is 0 Å². The number of nitrogens with zero attached hydrogens (tertiary/aromatic N) is 5. The molecule has 0 bridgehead atoms. The van der Waals surface area contributed by atoms with E-state index in [0.717, 1.165) is 50.4 Å². The predicted molar refractivity (Wildman–Crippen MR) is 97.2 cm³/mol. The molecule has 0 spiro atoms. The van der Waals surface area contributed by atoms with E-state index in [1.807, 2.05) is 30.2 Å². The number of hydrogen-bond acceptors (Lipinski definition) is 5. The molecule has 1 amide bonds. The largest absolute Gasteiger partial charge is 0.357 e. The van der Waals surface area contributed by atoms with Gasteiger partial charge in [0, 0.05) is 44.8 Å². The summed E-state index contributed by atoms with van der Waals surface area (Å²) in [5.74, 6) is 1.76. The van der Waals surface area contributed by atoms with E-state index in [9.17, 15) is 4.79 Å². The Kier molecular flexibility index (Phi) is 5.93. The Bertz CT molecular complexity index is 656. The number of piperidine rings is 1. The fourth-order valence-electron chi connectivity index (χ4n) is 3.31. The maximum absolute atomic E-state index is 12.6. The number of carbonyl (C=O) groups excluding carboxylic acids is 1. The first-order valence-electron chi connectivity index (χ1n) is 8.94. The van der Waals surface area contributed by atoms with E-state index in [1.165, 1.54) is 6.33 Å². The quantitative estimate of drug-likeness (QED) is 0.807. The number of likely N-dealkylation sites (N-methyl/N-ethyl adjacent to an activating group) is 1. The lowest BCUT2D eigenvalue weighted by Crippen LogP contribution is -2.41. The summed E-state index contributed by atoms with van der Waals surface area (Å²) in [4.78, 5) is 29.2. The number of carbonyl (C=O) groups is 1. The topological polar surface area (TPSA) is 62.2 Å². The molecule has 3 heterocycles. The summed E-state index contributed by atoms with van der Waals surface area (Å²) in [6.45, 7) is 5.62. The van der Waals surface area contributed by atoms with Crippen LogP contribution < -0.4 is 4.90 Å². The van der Waals surface area contributed by atoms with Gasteiger partial charge >= 0.3 is 0 Å². The van der Waals surface area contributed by atoms with E-state index in [-0.39, 0.29) is 5.91 Å². The summed E-state index contributed by atoms with van der Waals surface area (Å²) in [6.07, 6.45) is 9.31. The number of anilines is 1. The average molecular weight is 339 g/mol. The summed E-state index contributed by atoms with van der Waals surface area (Å²) < 4.78 is 0. The van der Waals surface area contributed by atoms with Crippen LogP contribution in [0.5, 0.6) is 0 Å². The Morgan fingerprint density at radius 3 is 2.64 bits per heavy atom. The number of amides is 1. The second-order valence-electron chi connectivity index (χ2n) is 6.47. The zero-order valence-electron chi connectivity index (χ0n) is 14.7. The maximum atomic E-state index is 12.6. The molecular formula is C19H25N5O. The highest BCUT2D eigenvalue weighted by molar-refractivity contribution is 5.78. The Morgan fingerprint density at radius 1 is 1.24 bits per heavy atom. The van der Waals surface area contributed by atoms with Gasteiger partial charge in [-0.3, -0.25) is 4.79 Å². The summed E-state index contributed by atoms with van der Waals surface area (Å²) in [7, 11) is 0. The molecule has 1 aliphatic rings. The van der Waals surface area contributed by atoms with Crippen molar-refractivity contribution in [2.75, 3.05) is 31.1 Å². The molecule has 0 atom stereocenters. The summed E-state index contributed by atoms with van der Waals surface area (Å²) in [5.41, 5.74) is 0.871. The third kappa shape index (κ3) is 4.75. The van der Waals surface area contributed by atoms with Crippen molar-refractivity contribution in [1.29, 1.82) is 0 Å². The van der Waals surface area contributed by atoms with Crippen LogP contribution in [-0.2, 0) is 11.2 Å². The Labute approximate surface area is 148 Å². The van der Waals surface area contributed by atoms with Crippen molar-refractivity contribution in [3.63, 3.8) is 0 Å². The molecule has 0 aromatic carbocycles. The molecule has 1 saturated heterocycles. The fraction of sp³-hybridized carbons (Fsp3) is 0.474. The van der Waals surface area contributed by atoms with Gasteiger partial charge < -0.3 is 9.80 Å². The predicted octanol–water partition coefficient (Wildman–Crippen LogP) is 2.18. The highest BCUT2D eigenvalue weighted by atomic mass is 16.2. The molecule has 1 fully saturated rings. The standard InChI is InChI=1S/C19H25N5O/c1-2-23(19(25)11-17-12-20-15-21-13-17)14-16-6-9-24(10-7-16)18-5-3-4-8-22-18/h3-5,8,12-13,15-16H,2,6-7,9-11,14H2,1H3. The third-order valence-electron chi connectivity index (χ3n) is 4.77. The van der Waals surface area contributed by atoms with Gasteiger partial charge in [0.2, 0.25) is 5.91 Å². The molecule has 2 aromatic rings. The van der Waals surface area contributed by atoms with E-state index in [4.69, 9.17) is 0 Å². The molecule has 132 valence electrons. The van der Waals surface area contributed by atoms with Gasteiger partial charge in [-0.25, -0.2) is 15.0 Å². The average Bonchev–Trinajstić information content (AvgIpc) is 2.68. The van der Waals surface area contributed by atoms with E-state index in [0.29, 0.717) is 12.3 Å². The molecule has 0 aliphatic carbocycles. The number of pyridine rings is 1. The van der Waals surface area contributed by atoms with Crippen molar-refractivity contribution < 1.29 is 4.79 Å². The van der Waals surface area contributed by atoms with Crippen LogP contribution in [0.2, 0.25) is 0 Å². The van der Waals surface area contributed by atoms with Gasteiger partial charge in [-0.15, -0.1) is 0 Å². The van der Waals surface area contributed by atoms with Gasteiger partial charge in [0.15, 0.2) is 0 Å². The van der Waals surface area contributed by atoms with Crippen molar-refractivity contribution in [2.45, 2.75) is 26.2 Å². The summed E-state index contributed by atoms with van der Waals surface area (Å²) >= 11 is 0. The zero-order valence-corrected chi connectivity index (χ0v) is 14.7. The van der Waals surface area contributed by atoms with Crippen molar-refractivity contribution in [1.82, 2.24) is 19.9 Å². The minimum absolute atomic E-state index is 0.157. The van der Waals surface area contributed by atoms with Gasteiger partial charge in [-0.05, 0) is 43.4 Å². The van der Waals surface area contributed by atoms with Crippen LogP contribution in [0.1, 0.15) is 25.3 Å². The van der Waals surface area contributed by atoms with Crippen molar-refractivity contribution in [3.05, 3.63) is 48.7 Å². The number of rotatable bonds is 6. The number of hydrogen-bond donors (Lipinski definition) is 0. The molecule has 0 saturated carbocycles. The monoisotopic (exact) mass is 339 g/mol. The first-order valence-corrected chi connectivity index (χ1v) is 8.94. The lowest BCUT2D eigenvalue weighted by Gasteiger charge is -2.35. The summed E-state index contributed by atoms with van der Waals surface area (Å²) in [5, 5.41) is 0. The van der Waals surface area contributed by atoms with Crippen LogP contribution in [0.3, 0.4) is 0 Å². The van der Waals surface area contributed by atoms with Crippen LogP contribution in [0.15, 0.2) is 43.1 Å². The van der Waals surface area contributed by atoms with Crippen LogP contribution >= 0.6 is 0 Å². The number of aromatic nitrogens is 3. The Balaban J connectivity index is 1.50. The highest BCUT2D eigenvalue weighted by Crippen LogP contribution is 2.22. The molecule has 1 aliphatic heterocycles. The first-order chi connectivity index (χ1) is 12.3. The lowest BCUT2D eigenvalue weighted by atomic mass is 9.96. The van der Waals surface area contributed by atoms with Crippen LogP contribution in [0.25, 0.3) is 0 Å². The van der Waals surface area contributed by atoms with E-state index in [1.54, 1.807) is 12.4 Å². The normalized spacial score (nSPS) is 15.2. The van der Waals surface area contributed by atoms with Crippen molar-refractivity contribution in [3.8, 4) is 0 Å². The SMILES string of the molecule is CCN(CC1CCN(c2ccccn2)CC1)C(=O)Cc1cncnc1. The Hall–Kier alpha value is -2.50. The van der Waals surface area contributed by atoms with Gasteiger partial charge in [-0.1, -0.05) is 6.07 Å². The minimum Gasteiger partial charge on any atom is -0.357 e. The van der Waals surface area contributed by atoms with E-state index < -0.39 is 0 Å². The van der Waals surface area contributed by atoms with Gasteiger partial charge in [-0.2, -0.15) is 0 Å². The molecule has 6 heteroatoms. The van der Waals surface area contributed by atoms with Gasteiger partial charge in [0.1, 0.15) is 12.1 Å². The van der Waals surface area contributed by atoms with Crippen molar-refractivity contribution >= 4 is 11.7 Å². The second-order valence-corrected chi connectivity index (χ2v) is 6.47. The van der Waals surface area contributed by atoms with Crippen LogP contribution in [0.4, 0.5) is 5.82 Å². The van der Waals surface area contributed by atoms with Gasteiger partial charge in [0.25, 0.3) is 0 Å². The van der Waals surface area contributed by atoms with Gasteiger partial charge in [0.05, 0.1) is 6.42 Å². The molecule has 6 nitrogen and oxygen atoms in total. The first kappa shape index (κ1) is 17.3. The molecule has 2 aromatic heterocycles. The lowest BCUT2D eigenvalue weighted by molar-refractivity contribution is -0.131. The maximum Gasteiger partial charge on any atom is 0.227 e. The Morgan fingerprint density at radius 2 is 2.00 bits per heavy atom. The van der Waals surface area contributed by atoms with Crippen molar-refractivity contribution in [2.24, 2.45) is 5.92 Å². The smallest absolute Gasteiger partial charge is 0.227 e. The molecule has 3 rings (SSSR count). The molecule has 0 unspecified atom stereocenters. The van der Waals surface area contributed by atoms with E-state index in [2.05, 4.69) is 25.9 Å². The molecule has 0 N–H and O–H groups in total. The molecule has 25 heavy (non-hydrogen) atoms. The second kappa shape index (κ2) is 8.55. The fourth-order valence-corrected chi connectivity index (χ4v) is 3.31. The summed E-state index contributed by atoms with van der Waals surface area (Å²) in [6, 6.07) is 6.03. The minimum atomic E-state index is 0.157. The highest BCUT2D eigenvalue weighted by Gasteiger charge is 2.23. The van der Waals surface area contributed by atoms with Crippen LogP contribution in [-0.4, -0.2) is 51.9 Å². The molecular weight excluding hydrogens is 314 g/mol. The third-order valence-corrected chi connectivity index (χ3v) is 4.77. The zero-order chi connectivity index (χ0) is 17.5.